The minimum Gasteiger partial charge on any atom is -0.508 e. The zero-order valence-corrected chi connectivity index (χ0v) is 56.4. The Morgan fingerprint density at radius 2 is 0.660 bits per heavy atom. The van der Waals surface area contributed by atoms with Crippen LogP contribution in [0.5, 0.6) is 46.0 Å². The molecule has 2 aliphatic rings. The van der Waals surface area contributed by atoms with Crippen molar-refractivity contribution in [3.63, 3.8) is 0 Å². The molecule has 13 rings (SSSR count). The standard InChI is InChI=1S/C68H62N12O16S4/c1-33(22-37-26-41(81)8-18-55(37)85)77-97(89,90)45-12-15-48-52(30-45)65-69-61(48)71-66-54-32-47(99(93,94)79-35(3)24-39-28-43(83)10-20-57(39)87)14-17-50(54)63(73-66)75-68-60-51(6-5-7-59(60)100(95,96)80-36(4)25-40-29-44(84)11-21-58(40)88)64(76-68)74-67-53-31-46(13-16-49(53)62(70-65)72-67)98(91,92)78-34(2)23-38-27-42(82)9-19-56(38)86/h5-21,26-36,77-88H,22-25H2,1-4H3,(H2,69,70,71,72,73,74,75,76). The van der Waals surface area contributed by atoms with Crippen LogP contribution in [0.4, 0.5) is 0 Å². The molecule has 28 nitrogen and oxygen atoms in total. The molecule has 0 aliphatic carbocycles. The van der Waals surface area contributed by atoms with Gasteiger partial charge < -0.3 is 50.8 Å². The van der Waals surface area contributed by atoms with E-state index < -0.39 is 64.3 Å². The van der Waals surface area contributed by atoms with Gasteiger partial charge in [0, 0.05) is 68.0 Å². The lowest BCUT2D eigenvalue weighted by molar-refractivity contribution is 0.450. The first-order chi connectivity index (χ1) is 47.3. The second kappa shape index (κ2) is 25.8. The largest absolute Gasteiger partial charge is 0.508 e. The molecule has 2 aliphatic heterocycles. The van der Waals surface area contributed by atoms with Gasteiger partial charge in [0.15, 0.2) is 23.3 Å². The van der Waals surface area contributed by atoms with Crippen molar-refractivity contribution < 1.29 is 74.5 Å². The number of nitrogens with one attached hydrogen (secondary N) is 6. The van der Waals surface area contributed by atoms with Crippen molar-refractivity contribution in [3.8, 4) is 91.5 Å². The molecule has 514 valence electrons. The van der Waals surface area contributed by atoms with Gasteiger partial charge in [0.25, 0.3) is 0 Å². The number of rotatable bonds is 20. The zero-order chi connectivity index (χ0) is 71.1. The molecule has 0 saturated heterocycles. The summed E-state index contributed by atoms with van der Waals surface area (Å²) in [4.78, 5) is 34.9. The van der Waals surface area contributed by atoms with E-state index in [1.165, 1.54) is 140 Å². The Hall–Kier alpha value is -10.8. The maximum absolute atomic E-state index is 15.0. The molecule has 0 saturated carbocycles. The van der Waals surface area contributed by atoms with Crippen LogP contribution in [0.25, 0.3) is 89.7 Å². The molecule has 8 bridgehead atoms. The molecule has 0 amide bonds. The Labute approximate surface area is 570 Å². The van der Waals surface area contributed by atoms with E-state index in [0.717, 1.165) is 0 Å². The van der Waals surface area contributed by atoms with Gasteiger partial charge in [0.1, 0.15) is 68.6 Å². The average Bonchev–Trinajstić information content (AvgIpc) is 1.58. The summed E-state index contributed by atoms with van der Waals surface area (Å²) in [6.45, 7) is 6.24. The lowest BCUT2D eigenvalue weighted by Gasteiger charge is -2.16. The normalized spacial score (nSPS) is 13.8. The third-order valence-electron chi connectivity index (χ3n) is 16.7. The lowest BCUT2D eigenvalue weighted by atomic mass is 10.1. The number of aromatic nitrogens is 8. The monoisotopic (exact) mass is 1430 g/mol. The van der Waals surface area contributed by atoms with E-state index >= 15 is 0 Å². The number of phenolic OH excluding ortho intramolecular Hbond substituents is 8. The zero-order valence-electron chi connectivity index (χ0n) is 53.2. The van der Waals surface area contributed by atoms with Crippen molar-refractivity contribution in [1.29, 1.82) is 0 Å². The molecule has 3 aromatic heterocycles. The lowest BCUT2D eigenvalue weighted by Crippen LogP contribution is -2.34. The van der Waals surface area contributed by atoms with E-state index in [1.54, 1.807) is 33.8 Å². The summed E-state index contributed by atoms with van der Waals surface area (Å²) in [7, 11) is -18.0. The van der Waals surface area contributed by atoms with E-state index in [2.05, 4.69) is 28.9 Å². The molecule has 100 heavy (non-hydrogen) atoms. The summed E-state index contributed by atoms with van der Waals surface area (Å²) in [6, 6.07) is 28.4. The number of sulfonamides is 4. The quantitative estimate of drug-likeness (QED) is 0.0320. The highest BCUT2D eigenvalue weighted by Gasteiger charge is 2.31. The highest BCUT2D eigenvalue weighted by molar-refractivity contribution is 7.90. The molecular formula is C68H62N12O16S4. The molecule has 4 unspecified atom stereocenters. The van der Waals surface area contributed by atoms with Crippen LogP contribution in [-0.4, -0.2) is 139 Å². The molecule has 4 atom stereocenters. The minimum atomic E-state index is -4.62. The highest BCUT2D eigenvalue weighted by atomic mass is 32.2. The van der Waals surface area contributed by atoms with E-state index in [4.69, 9.17) is 29.9 Å². The smallest absolute Gasteiger partial charge is 0.241 e. The number of hydrogen-bond donors (Lipinski definition) is 14. The van der Waals surface area contributed by atoms with Gasteiger partial charge >= 0.3 is 0 Å². The van der Waals surface area contributed by atoms with Crippen LogP contribution in [0.2, 0.25) is 0 Å². The van der Waals surface area contributed by atoms with E-state index in [1.807, 2.05) is 0 Å². The summed E-state index contributed by atoms with van der Waals surface area (Å²) >= 11 is 0. The second-order valence-corrected chi connectivity index (χ2v) is 31.4. The average molecular weight is 1430 g/mol. The van der Waals surface area contributed by atoms with Gasteiger partial charge in [-0.3, -0.25) is 0 Å². The maximum Gasteiger partial charge on any atom is 0.241 e. The van der Waals surface area contributed by atoms with Crippen LogP contribution in [0.3, 0.4) is 0 Å². The summed E-state index contributed by atoms with van der Waals surface area (Å²) in [6.07, 6.45) is -0.207. The molecule has 5 heterocycles. The number of fused-ring (bicyclic) bond motifs is 20. The van der Waals surface area contributed by atoms with E-state index in [-0.39, 0.29) is 203 Å². The Balaban J connectivity index is 1.03. The van der Waals surface area contributed by atoms with Gasteiger partial charge in [-0.1, -0.05) is 12.1 Å². The molecule has 11 aromatic rings. The first-order valence-electron chi connectivity index (χ1n) is 30.9. The van der Waals surface area contributed by atoms with Gasteiger partial charge in [-0.05, 0) is 209 Å². The van der Waals surface area contributed by atoms with Gasteiger partial charge in [0.05, 0.1) is 19.6 Å². The fourth-order valence-electron chi connectivity index (χ4n) is 12.2. The predicted octanol–water partition coefficient (Wildman–Crippen LogP) is 8.15. The van der Waals surface area contributed by atoms with Crippen molar-refractivity contribution in [3.05, 3.63) is 168 Å². The van der Waals surface area contributed by atoms with Crippen LogP contribution in [0.15, 0.2) is 165 Å². The summed E-state index contributed by atoms with van der Waals surface area (Å²) in [5.41, 5.74) is 1.23. The summed E-state index contributed by atoms with van der Waals surface area (Å²) in [5.74, 6) is -1.92. The minimum absolute atomic E-state index is 0.0176. The maximum atomic E-state index is 15.0. The SMILES string of the molecule is CC(Cc1cc(O)ccc1O)NS(=O)(=O)c1ccc2c(c1)-c1nc-2nc2[nH]c(nc3nc(nc4[nH]c(n1)c1ccc(S(=O)(=O)NC(C)Cc5cc(O)ccc5O)cc41)-c1ccc(S(=O)(=O)NC(C)Cc4cc(O)ccc4O)cc1-3)c1cccc(S(=O)(=O)NC(C)Cc3cc(O)ccc3O)c21. The fraction of sp³-hybridized carbons (Fsp3) is 0.176. The summed E-state index contributed by atoms with van der Waals surface area (Å²) in [5, 5.41) is 83.5. The molecule has 0 fully saturated rings. The second-order valence-electron chi connectivity index (χ2n) is 24.6. The number of phenols is 8. The Morgan fingerprint density at radius 1 is 0.330 bits per heavy atom. The fourth-order valence-corrected chi connectivity index (χ4v) is 17.5. The van der Waals surface area contributed by atoms with Crippen molar-refractivity contribution in [2.75, 3.05) is 0 Å². The van der Waals surface area contributed by atoms with Gasteiger partial charge in [0.2, 0.25) is 40.1 Å². The van der Waals surface area contributed by atoms with Crippen LogP contribution < -0.4 is 18.9 Å². The van der Waals surface area contributed by atoms with Gasteiger partial charge in [-0.2, -0.15) is 0 Å². The molecule has 32 heteroatoms. The van der Waals surface area contributed by atoms with Gasteiger partial charge in [-0.25, -0.2) is 82.5 Å². The number of benzene rings is 8. The Morgan fingerprint density at radius 3 is 1.07 bits per heavy atom. The van der Waals surface area contributed by atoms with Crippen LogP contribution >= 0.6 is 0 Å². The molecule has 0 spiro atoms. The number of aromatic hydroxyl groups is 8. The molecule has 8 aromatic carbocycles. The van der Waals surface area contributed by atoms with E-state index in [9.17, 15) is 74.5 Å². The number of hydrogen-bond acceptors (Lipinski definition) is 22. The highest BCUT2D eigenvalue weighted by Crippen LogP contribution is 2.41. The molecular weight excluding hydrogens is 1370 g/mol. The molecule has 0 radical (unpaired) electrons. The number of nitrogens with zero attached hydrogens (tertiary/aromatic N) is 6. The summed E-state index contributed by atoms with van der Waals surface area (Å²) < 4.78 is 127. The first-order valence-corrected chi connectivity index (χ1v) is 36.8. The van der Waals surface area contributed by atoms with Crippen LogP contribution in [0, 0.1) is 0 Å². The van der Waals surface area contributed by atoms with Crippen molar-refractivity contribution in [2.24, 2.45) is 0 Å². The van der Waals surface area contributed by atoms with Crippen LogP contribution in [0.1, 0.15) is 49.9 Å². The predicted molar refractivity (Wildman–Crippen MR) is 369 cm³/mol. The van der Waals surface area contributed by atoms with E-state index in [0.29, 0.717) is 0 Å². The van der Waals surface area contributed by atoms with Gasteiger partial charge in [-0.15, -0.1) is 0 Å². The third-order valence-corrected chi connectivity index (χ3v) is 23.1. The Kier molecular flexibility index (Phi) is 17.5. The van der Waals surface area contributed by atoms with Crippen molar-refractivity contribution in [2.45, 2.75) is 97.1 Å². The third kappa shape index (κ3) is 13.6. The Bertz CT molecular complexity index is 5780. The first kappa shape index (κ1) is 67.7. The molecule has 14 N–H and O–H groups in total. The van der Waals surface area contributed by atoms with Crippen LogP contribution in [-0.2, 0) is 65.8 Å². The number of H-pyrrole nitrogens is 2. The van der Waals surface area contributed by atoms with Crippen molar-refractivity contribution in [1.82, 2.24) is 58.8 Å². The number of aromatic amines is 2. The van der Waals surface area contributed by atoms with Crippen molar-refractivity contribution >= 4 is 84.2 Å². The topological polar surface area (TPSA) is 455 Å².